The molecule has 24 heavy (non-hydrogen) atoms. The van der Waals surface area contributed by atoms with E-state index < -0.39 is 0 Å². The molecule has 136 valence electrons. The fraction of sp³-hybridized carbons (Fsp3) is 0.650. The molecule has 0 bridgehead atoms. The first-order valence-electron chi connectivity index (χ1n) is 9.16. The van der Waals surface area contributed by atoms with Gasteiger partial charge in [0, 0.05) is 6.42 Å². The maximum Gasteiger partial charge on any atom is 0.306 e. The molecule has 0 fully saturated rings. The van der Waals surface area contributed by atoms with E-state index in [4.69, 9.17) is 14.2 Å². The third kappa shape index (κ3) is 8.23. The van der Waals surface area contributed by atoms with Crippen LogP contribution in [0.4, 0.5) is 0 Å². The summed E-state index contributed by atoms with van der Waals surface area (Å²) in [6.07, 6.45) is 8.89. The summed E-state index contributed by atoms with van der Waals surface area (Å²) >= 11 is 0. The second kappa shape index (κ2) is 12.7. The van der Waals surface area contributed by atoms with Gasteiger partial charge in [0.15, 0.2) is 11.5 Å². The summed E-state index contributed by atoms with van der Waals surface area (Å²) in [5.41, 5.74) is 0.906. The van der Waals surface area contributed by atoms with E-state index >= 15 is 0 Å². The third-order valence-electron chi connectivity index (χ3n) is 3.91. The van der Waals surface area contributed by atoms with Gasteiger partial charge >= 0.3 is 5.97 Å². The van der Waals surface area contributed by atoms with Crippen LogP contribution in [0.5, 0.6) is 11.5 Å². The summed E-state index contributed by atoms with van der Waals surface area (Å²) in [6, 6.07) is 5.60. The smallest absolute Gasteiger partial charge is 0.306 e. The van der Waals surface area contributed by atoms with Crippen molar-refractivity contribution >= 4 is 5.97 Å². The van der Waals surface area contributed by atoms with Crippen molar-refractivity contribution in [1.29, 1.82) is 0 Å². The van der Waals surface area contributed by atoms with Crippen molar-refractivity contribution in [3.8, 4) is 11.5 Å². The Bertz CT molecular complexity index is 471. The maximum absolute atomic E-state index is 11.8. The Morgan fingerprint density at radius 3 is 2.33 bits per heavy atom. The number of benzene rings is 1. The van der Waals surface area contributed by atoms with E-state index in [0.717, 1.165) is 18.4 Å². The van der Waals surface area contributed by atoms with Gasteiger partial charge in [0.25, 0.3) is 0 Å². The Labute approximate surface area is 146 Å². The SMILES string of the molecule is CCCCCCCCCC(=O)OCc1ccc(OCC)c(OC)c1. The van der Waals surface area contributed by atoms with Crippen molar-refractivity contribution in [1.82, 2.24) is 0 Å². The van der Waals surface area contributed by atoms with E-state index in [9.17, 15) is 4.79 Å². The molecule has 1 aromatic carbocycles. The minimum absolute atomic E-state index is 0.128. The highest BCUT2D eigenvalue weighted by atomic mass is 16.5. The zero-order valence-corrected chi connectivity index (χ0v) is 15.4. The number of rotatable bonds is 13. The monoisotopic (exact) mass is 336 g/mol. The molecule has 0 aromatic heterocycles. The third-order valence-corrected chi connectivity index (χ3v) is 3.91. The standard InChI is InChI=1S/C20H32O4/c1-4-6-7-8-9-10-11-12-20(21)24-16-17-13-14-18(23-5-2)19(15-17)22-3/h13-15H,4-12,16H2,1-3H3. The highest BCUT2D eigenvalue weighted by Gasteiger charge is 2.08. The molecule has 4 nitrogen and oxygen atoms in total. The summed E-state index contributed by atoms with van der Waals surface area (Å²) in [5, 5.41) is 0. The Balaban J connectivity index is 2.24. The van der Waals surface area contributed by atoms with Crippen LogP contribution in [0.1, 0.15) is 70.8 Å². The highest BCUT2D eigenvalue weighted by Crippen LogP contribution is 2.28. The molecule has 1 aromatic rings. The Kier molecular flexibility index (Phi) is 10.7. The van der Waals surface area contributed by atoms with Crippen molar-refractivity contribution in [2.75, 3.05) is 13.7 Å². The minimum Gasteiger partial charge on any atom is -0.493 e. The Morgan fingerprint density at radius 2 is 1.67 bits per heavy atom. The van der Waals surface area contributed by atoms with Gasteiger partial charge in [-0.1, -0.05) is 51.5 Å². The second-order valence-electron chi connectivity index (χ2n) is 5.95. The van der Waals surface area contributed by atoms with E-state index in [1.165, 1.54) is 32.1 Å². The van der Waals surface area contributed by atoms with Gasteiger partial charge in [-0.2, -0.15) is 0 Å². The van der Waals surface area contributed by atoms with Crippen LogP contribution in [0.3, 0.4) is 0 Å². The lowest BCUT2D eigenvalue weighted by molar-refractivity contribution is -0.145. The lowest BCUT2D eigenvalue weighted by atomic mass is 10.1. The summed E-state index contributed by atoms with van der Waals surface area (Å²) < 4.78 is 16.1. The summed E-state index contributed by atoms with van der Waals surface area (Å²) in [7, 11) is 1.61. The first-order valence-corrected chi connectivity index (χ1v) is 9.16. The van der Waals surface area contributed by atoms with Gasteiger partial charge in [-0.15, -0.1) is 0 Å². The van der Waals surface area contributed by atoms with Crippen molar-refractivity contribution in [3.05, 3.63) is 23.8 Å². The number of methoxy groups -OCH3 is 1. The van der Waals surface area contributed by atoms with E-state index in [-0.39, 0.29) is 12.6 Å². The van der Waals surface area contributed by atoms with E-state index in [1.54, 1.807) is 7.11 Å². The zero-order valence-electron chi connectivity index (χ0n) is 15.4. The van der Waals surface area contributed by atoms with Crippen LogP contribution in [0.2, 0.25) is 0 Å². The van der Waals surface area contributed by atoms with Gasteiger partial charge in [-0.25, -0.2) is 0 Å². The molecule has 0 atom stereocenters. The van der Waals surface area contributed by atoms with Crippen LogP contribution in [0, 0.1) is 0 Å². The van der Waals surface area contributed by atoms with Crippen LogP contribution in [0.15, 0.2) is 18.2 Å². The fourth-order valence-corrected chi connectivity index (χ4v) is 2.54. The number of ether oxygens (including phenoxy) is 3. The lowest BCUT2D eigenvalue weighted by Crippen LogP contribution is -2.05. The number of carbonyl (C=O) groups is 1. The van der Waals surface area contributed by atoms with Crippen molar-refractivity contribution in [3.63, 3.8) is 0 Å². The predicted molar refractivity (Wildman–Crippen MR) is 96.6 cm³/mol. The normalized spacial score (nSPS) is 10.5. The molecule has 0 radical (unpaired) electrons. The number of esters is 1. The molecule has 0 aliphatic rings. The summed E-state index contributed by atoms with van der Waals surface area (Å²) in [6.45, 7) is 5.01. The summed E-state index contributed by atoms with van der Waals surface area (Å²) in [5.74, 6) is 1.24. The van der Waals surface area contributed by atoms with Crippen molar-refractivity contribution < 1.29 is 19.0 Å². The maximum atomic E-state index is 11.8. The number of unbranched alkanes of at least 4 members (excludes halogenated alkanes) is 6. The average Bonchev–Trinajstić information content (AvgIpc) is 2.60. The molecule has 0 unspecified atom stereocenters. The molecule has 0 N–H and O–H groups in total. The topological polar surface area (TPSA) is 44.8 Å². The quantitative estimate of drug-likeness (QED) is 0.363. The zero-order chi connectivity index (χ0) is 17.6. The number of hydrogen-bond acceptors (Lipinski definition) is 4. The molecular formula is C20H32O4. The van der Waals surface area contributed by atoms with Gasteiger partial charge in [0.1, 0.15) is 6.61 Å². The molecular weight excluding hydrogens is 304 g/mol. The van der Waals surface area contributed by atoms with Crippen LogP contribution < -0.4 is 9.47 Å². The molecule has 0 saturated carbocycles. The van der Waals surface area contributed by atoms with Gasteiger partial charge in [0.2, 0.25) is 0 Å². The Hall–Kier alpha value is -1.71. The summed E-state index contributed by atoms with van der Waals surface area (Å²) in [4.78, 5) is 11.8. The minimum atomic E-state index is -0.128. The van der Waals surface area contributed by atoms with E-state index in [2.05, 4.69) is 6.92 Å². The van der Waals surface area contributed by atoms with Crippen molar-refractivity contribution in [2.45, 2.75) is 71.8 Å². The molecule has 4 heteroatoms. The van der Waals surface area contributed by atoms with E-state index in [0.29, 0.717) is 24.5 Å². The van der Waals surface area contributed by atoms with Gasteiger partial charge in [-0.05, 0) is 31.0 Å². The lowest BCUT2D eigenvalue weighted by Gasteiger charge is -2.11. The molecule has 0 aliphatic carbocycles. The Morgan fingerprint density at radius 1 is 0.958 bits per heavy atom. The van der Waals surface area contributed by atoms with Gasteiger partial charge < -0.3 is 14.2 Å². The van der Waals surface area contributed by atoms with Crippen molar-refractivity contribution in [2.24, 2.45) is 0 Å². The molecule has 0 spiro atoms. The first-order chi connectivity index (χ1) is 11.7. The number of carbonyl (C=O) groups excluding carboxylic acids is 1. The first kappa shape index (κ1) is 20.3. The molecule has 0 amide bonds. The fourth-order valence-electron chi connectivity index (χ4n) is 2.54. The van der Waals surface area contributed by atoms with Crippen LogP contribution in [-0.2, 0) is 16.1 Å². The molecule has 1 rings (SSSR count). The molecule has 0 heterocycles. The van der Waals surface area contributed by atoms with E-state index in [1.807, 2.05) is 25.1 Å². The van der Waals surface area contributed by atoms with Crippen LogP contribution in [-0.4, -0.2) is 19.7 Å². The predicted octanol–water partition coefficient (Wildman–Crippen LogP) is 5.28. The van der Waals surface area contributed by atoms with Crippen LogP contribution in [0.25, 0.3) is 0 Å². The van der Waals surface area contributed by atoms with Gasteiger partial charge in [-0.3, -0.25) is 4.79 Å². The second-order valence-corrected chi connectivity index (χ2v) is 5.95. The number of hydrogen-bond donors (Lipinski definition) is 0. The molecule has 0 aliphatic heterocycles. The highest BCUT2D eigenvalue weighted by molar-refractivity contribution is 5.69. The average molecular weight is 336 g/mol. The largest absolute Gasteiger partial charge is 0.493 e. The van der Waals surface area contributed by atoms with Crippen LogP contribution >= 0.6 is 0 Å². The van der Waals surface area contributed by atoms with Gasteiger partial charge in [0.05, 0.1) is 13.7 Å². The molecule has 0 saturated heterocycles.